The molecule has 2 atom stereocenters. The third-order valence-corrected chi connectivity index (χ3v) is 3.84. The van der Waals surface area contributed by atoms with Crippen LogP contribution in [-0.2, 0) is 4.79 Å². The molecule has 6 nitrogen and oxygen atoms in total. The molecule has 0 radical (unpaired) electrons. The van der Waals surface area contributed by atoms with Crippen molar-refractivity contribution in [2.24, 2.45) is 11.8 Å². The summed E-state index contributed by atoms with van der Waals surface area (Å²) in [6.07, 6.45) is 3.60. The number of hydrogen-bond donors (Lipinski definition) is 1. The number of ether oxygens (including phenoxy) is 1. The van der Waals surface area contributed by atoms with Gasteiger partial charge in [0, 0.05) is 19.3 Å². The molecule has 0 aliphatic carbocycles. The molecule has 1 aliphatic rings. The Hall–Kier alpha value is -2.37. The van der Waals surface area contributed by atoms with Crippen LogP contribution in [0, 0.1) is 11.8 Å². The van der Waals surface area contributed by atoms with Crippen molar-refractivity contribution in [3.8, 4) is 5.75 Å². The van der Waals surface area contributed by atoms with E-state index in [0.717, 1.165) is 0 Å². The quantitative estimate of drug-likeness (QED) is 0.839. The number of likely N-dealkylation sites (tertiary alicyclic amines) is 1. The van der Waals surface area contributed by atoms with Crippen LogP contribution in [0.25, 0.3) is 0 Å². The summed E-state index contributed by atoms with van der Waals surface area (Å²) < 4.78 is 5.46. The lowest BCUT2D eigenvalue weighted by molar-refractivity contribution is -0.145. The van der Waals surface area contributed by atoms with Crippen LogP contribution in [0.5, 0.6) is 5.75 Å². The smallest absolute Gasteiger partial charge is 0.306 e. The molecule has 22 heavy (non-hydrogen) atoms. The topological polar surface area (TPSA) is 79.7 Å². The van der Waals surface area contributed by atoms with E-state index in [1.54, 1.807) is 29.3 Å². The molecule has 1 saturated heterocycles. The lowest BCUT2D eigenvalue weighted by Gasteiger charge is -2.34. The molecular formula is C16H20N2O4. The average molecular weight is 304 g/mol. The normalized spacial score (nSPS) is 21.2. The Morgan fingerprint density at radius 2 is 2.36 bits per heavy atom. The van der Waals surface area contributed by atoms with Crippen LogP contribution in [-0.4, -0.2) is 46.6 Å². The van der Waals surface area contributed by atoms with Gasteiger partial charge in [-0.2, -0.15) is 0 Å². The molecule has 2 rings (SSSR count). The van der Waals surface area contributed by atoms with Crippen molar-refractivity contribution in [2.45, 2.75) is 13.3 Å². The second kappa shape index (κ2) is 7.06. The Kier molecular flexibility index (Phi) is 5.14. The molecule has 0 bridgehead atoms. The molecule has 0 spiro atoms. The van der Waals surface area contributed by atoms with Gasteiger partial charge in [-0.1, -0.05) is 19.6 Å². The maximum Gasteiger partial charge on any atom is 0.306 e. The summed E-state index contributed by atoms with van der Waals surface area (Å²) in [5.74, 6) is -1.09. The SMILES string of the molecule is C=CCOc1cccnc1C(=O)N1CCC(C(=O)O)C(C)C1. The number of carbonyl (C=O) groups excluding carboxylic acids is 1. The highest BCUT2D eigenvalue weighted by molar-refractivity contribution is 5.95. The molecule has 1 aromatic rings. The van der Waals surface area contributed by atoms with E-state index in [2.05, 4.69) is 11.6 Å². The van der Waals surface area contributed by atoms with Gasteiger partial charge in [0.05, 0.1) is 5.92 Å². The average Bonchev–Trinajstić information content (AvgIpc) is 2.52. The van der Waals surface area contributed by atoms with E-state index < -0.39 is 11.9 Å². The third-order valence-electron chi connectivity index (χ3n) is 3.84. The summed E-state index contributed by atoms with van der Waals surface area (Å²) in [4.78, 5) is 29.5. The van der Waals surface area contributed by atoms with Crippen molar-refractivity contribution in [1.82, 2.24) is 9.88 Å². The number of rotatable bonds is 5. The molecule has 1 fully saturated rings. The fourth-order valence-electron chi connectivity index (χ4n) is 2.66. The molecule has 0 saturated carbocycles. The molecule has 6 heteroatoms. The van der Waals surface area contributed by atoms with Gasteiger partial charge in [-0.3, -0.25) is 9.59 Å². The van der Waals surface area contributed by atoms with Gasteiger partial charge in [0.1, 0.15) is 6.61 Å². The summed E-state index contributed by atoms with van der Waals surface area (Å²) >= 11 is 0. The Balaban J connectivity index is 2.12. The summed E-state index contributed by atoms with van der Waals surface area (Å²) in [5.41, 5.74) is 0.255. The summed E-state index contributed by atoms with van der Waals surface area (Å²) in [5, 5.41) is 9.15. The predicted octanol–water partition coefficient (Wildman–Crippen LogP) is 1.83. The minimum Gasteiger partial charge on any atom is -0.487 e. The first-order valence-corrected chi connectivity index (χ1v) is 7.25. The van der Waals surface area contributed by atoms with E-state index in [1.807, 2.05) is 6.92 Å². The molecule has 1 aliphatic heterocycles. The van der Waals surface area contributed by atoms with Crippen molar-refractivity contribution < 1.29 is 19.4 Å². The van der Waals surface area contributed by atoms with Crippen LogP contribution in [0.2, 0.25) is 0 Å². The molecule has 1 amide bonds. The van der Waals surface area contributed by atoms with Gasteiger partial charge in [0.15, 0.2) is 11.4 Å². The van der Waals surface area contributed by atoms with Crippen molar-refractivity contribution in [1.29, 1.82) is 0 Å². The Morgan fingerprint density at radius 1 is 1.59 bits per heavy atom. The third kappa shape index (κ3) is 3.44. The highest BCUT2D eigenvalue weighted by Gasteiger charge is 2.34. The number of pyridine rings is 1. The number of nitrogens with zero attached hydrogens (tertiary/aromatic N) is 2. The molecule has 1 aromatic heterocycles. The van der Waals surface area contributed by atoms with E-state index in [4.69, 9.17) is 9.84 Å². The van der Waals surface area contributed by atoms with E-state index >= 15 is 0 Å². The molecular weight excluding hydrogens is 284 g/mol. The number of aromatic nitrogens is 1. The first-order valence-electron chi connectivity index (χ1n) is 7.25. The van der Waals surface area contributed by atoms with Crippen molar-refractivity contribution in [2.75, 3.05) is 19.7 Å². The van der Waals surface area contributed by atoms with Crippen molar-refractivity contribution in [3.63, 3.8) is 0 Å². The van der Waals surface area contributed by atoms with Crippen molar-refractivity contribution in [3.05, 3.63) is 36.7 Å². The largest absolute Gasteiger partial charge is 0.487 e. The Bertz CT molecular complexity index is 573. The summed E-state index contributed by atoms with van der Waals surface area (Å²) in [6.45, 7) is 6.55. The van der Waals surface area contributed by atoms with Gasteiger partial charge in [0.25, 0.3) is 5.91 Å². The maximum atomic E-state index is 12.6. The number of amides is 1. The van der Waals surface area contributed by atoms with Gasteiger partial charge in [-0.15, -0.1) is 0 Å². The monoisotopic (exact) mass is 304 g/mol. The predicted molar refractivity (Wildman–Crippen MR) is 80.7 cm³/mol. The van der Waals surface area contributed by atoms with E-state index in [-0.39, 0.29) is 17.5 Å². The van der Waals surface area contributed by atoms with Gasteiger partial charge in [0.2, 0.25) is 0 Å². The van der Waals surface area contributed by atoms with E-state index in [1.165, 1.54) is 0 Å². The van der Waals surface area contributed by atoms with Crippen LogP contribution < -0.4 is 4.74 Å². The fourth-order valence-corrected chi connectivity index (χ4v) is 2.66. The zero-order chi connectivity index (χ0) is 16.1. The Labute approximate surface area is 129 Å². The highest BCUT2D eigenvalue weighted by Crippen LogP contribution is 2.26. The number of carboxylic acids is 1. The van der Waals surface area contributed by atoms with Crippen LogP contribution in [0.1, 0.15) is 23.8 Å². The van der Waals surface area contributed by atoms with Crippen LogP contribution in [0.4, 0.5) is 0 Å². The van der Waals surface area contributed by atoms with Gasteiger partial charge in [-0.05, 0) is 24.5 Å². The minimum absolute atomic E-state index is 0.0866. The number of aliphatic carboxylic acids is 1. The lowest BCUT2D eigenvalue weighted by atomic mass is 9.87. The fraction of sp³-hybridized carbons (Fsp3) is 0.438. The number of carbonyl (C=O) groups is 2. The lowest BCUT2D eigenvalue weighted by Crippen LogP contribution is -2.45. The molecule has 0 aromatic carbocycles. The van der Waals surface area contributed by atoms with Crippen LogP contribution in [0.15, 0.2) is 31.0 Å². The Morgan fingerprint density at radius 3 is 3.00 bits per heavy atom. The number of piperidine rings is 1. The van der Waals surface area contributed by atoms with E-state index in [9.17, 15) is 9.59 Å². The molecule has 2 heterocycles. The first kappa shape index (κ1) is 16.0. The van der Waals surface area contributed by atoms with Crippen molar-refractivity contribution >= 4 is 11.9 Å². The van der Waals surface area contributed by atoms with Crippen LogP contribution in [0.3, 0.4) is 0 Å². The van der Waals surface area contributed by atoms with Gasteiger partial charge >= 0.3 is 5.97 Å². The second-order valence-corrected chi connectivity index (χ2v) is 5.41. The van der Waals surface area contributed by atoms with Gasteiger partial charge in [-0.25, -0.2) is 4.98 Å². The zero-order valence-electron chi connectivity index (χ0n) is 12.6. The molecule has 2 unspecified atom stereocenters. The summed E-state index contributed by atoms with van der Waals surface area (Å²) in [7, 11) is 0. The molecule has 118 valence electrons. The summed E-state index contributed by atoms with van der Waals surface area (Å²) in [6, 6.07) is 3.39. The standard InChI is InChI=1S/C16H20N2O4/c1-3-9-22-13-5-4-7-17-14(13)15(19)18-8-6-12(16(20)21)11(2)10-18/h3-5,7,11-12H,1,6,8-10H2,2H3,(H,20,21). The maximum absolute atomic E-state index is 12.6. The minimum atomic E-state index is -0.799. The van der Waals surface area contributed by atoms with Crippen LogP contribution >= 0.6 is 0 Å². The molecule has 1 N–H and O–H groups in total. The van der Waals surface area contributed by atoms with E-state index in [0.29, 0.717) is 31.9 Å². The second-order valence-electron chi connectivity index (χ2n) is 5.41. The first-order chi connectivity index (χ1) is 10.5. The number of carboxylic acid groups (broad SMARTS) is 1. The zero-order valence-corrected chi connectivity index (χ0v) is 12.6. The number of hydrogen-bond acceptors (Lipinski definition) is 4. The van der Waals surface area contributed by atoms with Gasteiger partial charge < -0.3 is 14.7 Å². The highest BCUT2D eigenvalue weighted by atomic mass is 16.5.